The Balaban J connectivity index is 2.14. The molecule has 0 bridgehead atoms. The second-order valence-corrected chi connectivity index (χ2v) is 7.90. The van der Waals surface area contributed by atoms with Crippen molar-refractivity contribution in [2.75, 3.05) is 0 Å². The van der Waals surface area contributed by atoms with Gasteiger partial charge in [0, 0.05) is 6.42 Å². The Morgan fingerprint density at radius 2 is 1.45 bits per heavy atom. The van der Waals surface area contributed by atoms with Gasteiger partial charge in [0.2, 0.25) is 5.82 Å². The number of rotatable bonds is 16. The summed E-state index contributed by atoms with van der Waals surface area (Å²) < 4.78 is 71.0. The van der Waals surface area contributed by atoms with Crippen molar-refractivity contribution in [3.63, 3.8) is 0 Å². The Morgan fingerprint density at radius 3 is 2.12 bits per heavy atom. The molecule has 0 aromatic heterocycles. The van der Waals surface area contributed by atoms with Crippen LogP contribution in [-0.4, -0.2) is 17.2 Å². The van der Waals surface area contributed by atoms with Gasteiger partial charge >= 0.3 is 5.97 Å². The molecule has 1 unspecified atom stereocenters. The van der Waals surface area contributed by atoms with E-state index in [9.17, 15) is 31.9 Å². The van der Waals surface area contributed by atoms with Gasteiger partial charge in [0.25, 0.3) is 0 Å². The third-order valence-corrected chi connectivity index (χ3v) is 5.11. The molecule has 0 aliphatic rings. The third-order valence-electron chi connectivity index (χ3n) is 5.11. The lowest BCUT2D eigenvalue weighted by Crippen LogP contribution is -2.11. The van der Waals surface area contributed by atoms with Gasteiger partial charge in [-0.15, -0.1) is 0 Å². The van der Waals surface area contributed by atoms with Crippen molar-refractivity contribution in [1.29, 1.82) is 0 Å². The van der Waals surface area contributed by atoms with E-state index in [1.165, 1.54) is 0 Å². The van der Waals surface area contributed by atoms with Crippen LogP contribution < -0.4 is 0 Å². The Hall–Kier alpha value is -2.22. The highest BCUT2D eigenvalue weighted by Crippen LogP contribution is 2.23. The van der Waals surface area contributed by atoms with E-state index in [4.69, 9.17) is 0 Å². The summed E-state index contributed by atoms with van der Waals surface area (Å²) in [5.41, 5.74) is -1.16. The number of benzene rings is 1. The van der Waals surface area contributed by atoms with Crippen molar-refractivity contribution in [2.24, 2.45) is 0 Å². The van der Waals surface area contributed by atoms with Gasteiger partial charge in [-0.05, 0) is 32.1 Å². The minimum absolute atomic E-state index is 0.00540. The van der Waals surface area contributed by atoms with Crippen LogP contribution >= 0.6 is 0 Å². The molecule has 0 heterocycles. The molecule has 1 N–H and O–H groups in total. The zero-order valence-corrected chi connectivity index (χ0v) is 19.0. The van der Waals surface area contributed by atoms with Crippen LogP contribution in [0.5, 0.6) is 0 Å². The lowest BCUT2D eigenvalue weighted by Gasteiger charge is -2.09. The quantitative estimate of drug-likeness (QED) is 0.0685. The molecule has 3 nitrogen and oxygen atoms in total. The molecule has 1 rings (SSSR count). The molecule has 1 aromatic carbocycles. The first kappa shape index (κ1) is 28.8. The van der Waals surface area contributed by atoms with Gasteiger partial charge in [-0.25, -0.2) is 22.0 Å². The van der Waals surface area contributed by atoms with E-state index in [0.717, 1.165) is 51.4 Å². The molecule has 0 fully saturated rings. The first-order valence-electron chi connectivity index (χ1n) is 11.4. The largest absolute Gasteiger partial charge is 0.461 e. The van der Waals surface area contributed by atoms with Gasteiger partial charge in [0.15, 0.2) is 23.3 Å². The highest BCUT2D eigenvalue weighted by molar-refractivity contribution is 5.69. The smallest absolute Gasteiger partial charge is 0.306 e. The second-order valence-electron chi connectivity index (χ2n) is 7.90. The van der Waals surface area contributed by atoms with Gasteiger partial charge in [-0.2, -0.15) is 0 Å². The Labute approximate surface area is 192 Å². The number of esters is 1. The predicted octanol–water partition coefficient (Wildman–Crippen LogP) is 7.21. The molecule has 0 aliphatic heterocycles. The normalized spacial score (nSPS) is 12.7. The highest BCUT2D eigenvalue weighted by Gasteiger charge is 2.26. The lowest BCUT2D eigenvalue weighted by molar-refractivity contribution is -0.145. The van der Waals surface area contributed by atoms with Crippen LogP contribution in [0.1, 0.15) is 83.1 Å². The number of unbranched alkanes of at least 4 members (excludes halogenated alkanes) is 6. The minimum Gasteiger partial charge on any atom is -0.461 e. The summed E-state index contributed by atoms with van der Waals surface area (Å²) in [5, 5.41) is 9.80. The monoisotopic (exact) mass is 476 g/mol. The molecule has 1 atom stereocenters. The van der Waals surface area contributed by atoms with Gasteiger partial charge < -0.3 is 9.84 Å². The van der Waals surface area contributed by atoms with E-state index in [1.54, 1.807) is 0 Å². The molecule has 1 aromatic rings. The number of halogens is 5. The van der Waals surface area contributed by atoms with E-state index in [-0.39, 0.29) is 12.5 Å². The third kappa shape index (κ3) is 11.0. The van der Waals surface area contributed by atoms with Crippen LogP contribution in [0.15, 0.2) is 24.3 Å². The Kier molecular flexibility index (Phi) is 14.3. The average Bonchev–Trinajstić information content (AvgIpc) is 2.80. The Morgan fingerprint density at radius 1 is 0.848 bits per heavy atom. The maximum Gasteiger partial charge on any atom is 0.306 e. The first-order valence-corrected chi connectivity index (χ1v) is 11.4. The van der Waals surface area contributed by atoms with Gasteiger partial charge in [0.05, 0.1) is 11.7 Å². The summed E-state index contributed by atoms with van der Waals surface area (Å²) in [4.78, 5) is 11.7. The van der Waals surface area contributed by atoms with Crippen molar-refractivity contribution >= 4 is 5.97 Å². The molecule has 186 valence electrons. The van der Waals surface area contributed by atoms with Crippen LogP contribution in [0.25, 0.3) is 0 Å². The second kappa shape index (κ2) is 16.4. The topological polar surface area (TPSA) is 46.5 Å². The SMILES string of the molecule is CCCCCC(O)C/C=C/C=C\CCCCCCC(=O)OCc1c(F)c(F)c(F)c(F)c1F. The van der Waals surface area contributed by atoms with Crippen molar-refractivity contribution in [2.45, 2.75) is 90.3 Å². The zero-order valence-electron chi connectivity index (χ0n) is 19.0. The molecular formula is C25H33F5O3. The molecule has 8 heteroatoms. The minimum atomic E-state index is -2.25. The number of allylic oxidation sites excluding steroid dienone is 3. The number of hydrogen-bond donors (Lipinski definition) is 1. The molecule has 0 aliphatic carbocycles. The number of aliphatic hydroxyl groups is 1. The zero-order chi connectivity index (χ0) is 24.6. The molecular weight excluding hydrogens is 443 g/mol. The van der Waals surface area contributed by atoms with E-state index in [2.05, 4.69) is 11.7 Å². The molecule has 0 radical (unpaired) electrons. The van der Waals surface area contributed by atoms with Crippen LogP contribution in [0.2, 0.25) is 0 Å². The molecule has 0 saturated heterocycles. The van der Waals surface area contributed by atoms with Gasteiger partial charge in [-0.3, -0.25) is 4.79 Å². The molecule has 0 spiro atoms. The number of carbonyl (C=O) groups is 1. The van der Waals surface area contributed by atoms with Crippen LogP contribution in [-0.2, 0) is 16.1 Å². The summed E-state index contributed by atoms with van der Waals surface area (Å²) in [6.07, 6.45) is 16.2. The number of aliphatic hydroxyl groups excluding tert-OH is 1. The fourth-order valence-corrected chi connectivity index (χ4v) is 3.12. The summed E-state index contributed by atoms with van der Waals surface area (Å²) >= 11 is 0. The van der Waals surface area contributed by atoms with Gasteiger partial charge in [0.1, 0.15) is 6.61 Å². The highest BCUT2D eigenvalue weighted by atomic mass is 19.2. The molecule has 33 heavy (non-hydrogen) atoms. The lowest BCUT2D eigenvalue weighted by atomic mass is 10.1. The first-order chi connectivity index (χ1) is 15.8. The standard InChI is InChI=1S/C25H33F5O3/c1-2-3-11-14-18(31)15-12-9-7-5-4-6-8-10-13-16-20(32)33-17-19-21(26)23(28)25(30)24(29)22(19)27/h5,7,9,12,18,31H,2-4,6,8,10-11,13-17H2,1H3/b7-5-,12-9+. The van der Waals surface area contributed by atoms with Crippen molar-refractivity contribution < 1.29 is 36.6 Å². The number of ether oxygens (including phenoxy) is 1. The van der Waals surface area contributed by atoms with E-state index in [0.29, 0.717) is 12.8 Å². The fraction of sp³-hybridized carbons (Fsp3) is 0.560. The van der Waals surface area contributed by atoms with Crippen molar-refractivity contribution in [3.8, 4) is 0 Å². The summed E-state index contributed by atoms with van der Waals surface area (Å²) in [5.74, 6) is -11.1. The van der Waals surface area contributed by atoms with E-state index < -0.39 is 47.2 Å². The van der Waals surface area contributed by atoms with E-state index in [1.807, 2.05) is 24.3 Å². The van der Waals surface area contributed by atoms with Crippen molar-refractivity contribution in [3.05, 3.63) is 59.0 Å². The maximum absolute atomic E-state index is 13.5. The maximum atomic E-state index is 13.5. The summed E-state index contributed by atoms with van der Waals surface area (Å²) in [6.45, 7) is 1.11. The van der Waals surface area contributed by atoms with E-state index >= 15 is 0 Å². The number of carbonyl (C=O) groups excluding carboxylic acids is 1. The van der Waals surface area contributed by atoms with Gasteiger partial charge in [-0.1, -0.05) is 63.3 Å². The fourth-order valence-electron chi connectivity index (χ4n) is 3.12. The molecule has 0 saturated carbocycles. The van der Waals surface area contributed by atoms with Crippen molar-refractivity contribution in [1.82, 2.24) is 0 Å². The number of hydrogen-bond acceptors (Lipinski definition) is 3. The average molecular weight is 477 g/mol. The van der Waals surface area contributed by atoms with Crippen LogP contribution in [0.3, 0.4) is 0 Å². The predicted molar refractivity (Wildman–Crippen MR) is 117 cm³/mol. The summed E-state index contributed by atoms with van der Waals surface area (Å²) in [6, 6.07) is 0. The Bertz CT molecular complexity index is 764. The molecule has 0 amide bonds. The van der Waals surface area contributed by atoms with Crippen LogP contribution in [0.4, 0.5) is 22.0 Å². The summed E-state index contributed by atoms with van der Waals surface area (Å²) in [7, 11) is 0. The van der Waals surface area contributed by atoms with Crippen LogP contribution in [0, 0.1) is 29.1 Å².